The van der Waals surface area contributed by atoms with E-state index in [1.54, 1.807) is 6.07 Å². The van der Waals surface area contributed by atoms with Crippen LogP contribution in [0.25, 0.3) is 0 Å². The molecule has 2 unspecified atom stereocenters. The molecule has 0 aliphatic carbocycles. The van der Waals surface area contributed by atoms with Gasteiger partial charge < -0.3 is 20.1 Å². The SMILES string of the molecule is COc1ccccc1C(SCCC(=O)O)C(O)CSCC(=O)O. The van der Waals surface area contributed by atoms with E-state index in [4.69, 9.17) is 14.9 Å². The van der Waals surface area contributed by atoms with Crippen LogP contribution in [0.5, 0.6) is 5.75 Å². The van der Waals surface area contributed by atoms with E-state index in [1.807, 2.05) is 18.2 Å². The lowest BCUT2D eigenvalue weighted by molar-refractivity contribution is -0.136. The van der Waals surface area contributed by atoms with E-state index in [0.717, 1.165) is 17.3 Å². The fourth-order valence-corrected chi connectivity index (χ4v) is 4.02. The Hall–Kier alpha value is -1.38. The highest BCUT2D eigenvalue weighted by Gasteiger charge is 2.25. The number of aliphatic hydroxyl groups is 1. The number of hydrogen-bond donors (Lipinski definition) is 3. The summed E-state index contributed by atoms with van der Waals surface area (Å²) in [7, 11) is 1.53. The summed E-state index contributed by atoms with van der Waals surface area (Å²) in [5.74, 6) is -0.716. The van der Waals surface area contributed by atoms with Gasteiger partial charge in [0.1, 0.15) is 5.75 Å². The molecule has 0 aliphatic heterocycles. The standard InChI is InChI=1S/C15H20O6S2/c1-21-12-5-3-2-4-10(12)15(23-7-6-13(17)18)11(16)8-22-9-14(19)20/h2-5,11,15-16H,6-9H2,1H3,(H,17,18)(H,19,20). The Morgan fingerprint density at radius 3 is 2.52 bits per heavy atom. The quantitative estimate of drug-likeness (QED) is 0.551. The minimum absolute atomic E-state index is 0.00863. The molecule has 23 heavy (non-hydrogen) atoms. The fourth-order valence-electron chi connectivity index (χ4n) is 1.94. The molecule has 3 N–H and O–H groups in total. The topological polar surface area (TPSA) is 104 Å². The highest BCUT2D eigenvalue weighted by molar-refractivity contribution is 8.00. The molecule has 0 spiro atoms. The summed E-state index contributed by atoms with van der Waals surface area (Å²) < 4.78 is 5.30. The van der Waals surface area contributed by atoms with Gasteiger partial charge in [-0.2, -0.15) is 11.8 Å². The molecule has 0 radical (unpaired) electrons. The van der Waals surface area contributed by atoms with Crippen LogP contribution < -0.4 is 4.74 Å². The first kappa shape index (κ1) is 19.7. The lowest BCUT2D eigenvalue weighted by Gasteiger charge is -2.24. The second kappa shape index (κ2) is 10.4. The molecular formula is C15H20O6S2. The minimum atomic E-state index is -0.936. The first-order valence-electron chi connectivity index (χ1n) is 6.89. The molecule has 128 valence electrons. The molecule has 0 saturated heterocycles. The van der Waals surface area contributed by atoms with Crippen molar-refractivity contribution in [3.8, 4) is 5.75 Å². The minimum Gasteiger partial charge on any atom is -0.496 e. The number of thioether (sulfide) groups is 2. The predicted octanol–water partition coefficient (Wildman–Crippen LogP) is 2.12. The van der Waals surface area contributed by atoms with Crippen LogP contribution in [0.1, 0.15) is 17.2 Å². The zero-order valence-corrected chi connectivity index (χ0v) is 14.3. The molecule has 0 aliphatic rings. The van der Waals surface area contributed by atoms with Crippen LogP contribution in [0.3, 0.4) is 0 Å². The Morgan fingerprint density at radius 1 is 1.22 bits per heavy atom. The van der Waals surface area contributed by atoms with Crippen molar-refractivity contribution < 1.29 is 29.6 Å². The Bertz CT molecular complexity index is 522. The Balaban J connectivity index is 2.82. The summed E-state index contributed by atoms with van der Waals surface area (Å²) in [6.45, 7) is 0. The summed E-state index contributed by atoms with van der Waals surface area (Å²) in [6, 6.07) is 7.23. The van der Waals surface area contributed by atoms with Gasteiger partial charge in [0.2, 0.25) is 0 Å². The van der Waals surface area contributed by atoms with Crippen molar-refractivity contribution in [2.45, 2.75) is 17.8 Å². The summed E-state index contributed by atoms with van der Waals surface area (Å²) in [6.07, 6.45) is -0.819. The number of carboxylic acid groups (broad SMARTS) is 2. The van der Waals surface area contributed by atoms with Gasteiger partial charge >= 0.3 is 11.9 Å². The number of para-hydroxylation sites is 1. The van der Waals surface area contributed by atoms with Gasteiger partial charge in [0.25, 0.3) is 0 Å². The van der Waals surface area contributed by atoms with Gasteiger partial charge in [-0.1, -0.05) is 18.2 Å². The average Bonchev–Trinajstić information content (AvgIpc) is 2.51. The summed E-state index contributed by atoms with van der Waals surface area (Å²) in [5, 5.41) is 27.5. The first-order valence-corrected chi connectivity index (χ1v) is 9.10. The number of hydrogen-bond acceptors (Lipinski definition) is 6. The largest absolute Gasteiger partial charge is 0.496 e. The molecule has 6 nitrogen and oxygen atoms in total. The van der Waals surface area contributed by atoms with Crippen molar-refractivity contribution in [2.24, 2.45) is 0 Å². The summed E-state index contributed by atoms with van der Waals surface area (Å²) >= 11 is 2.45. The molecule has 0 saturated carbocycles. The van der Waals surface area contributed by atoms with Gasteiger partial charge in [0.05, 0.1) is 30.6 Å². The zero-order chi connectivity index (χ0) is 17.2. The van der Waals surface area contributed by atoms with Gasteiger partial charge in [-0.3, -0.25) is 9.59 Å². The number of methoxy groups -OCH3 is 1. The molecule has 0 amide bonds. The maximum atomic E-state index is 10.7. The van der Waals surface area contributed by atoms with Crippen molar-refractivity contribution in [3.63, 3.8) is 0 Å². The molecule has 1 aromatic rings. The third-order valence-corrected chi connectivity index (χ3v) is 5.32. The molecule has 1 rings (SSSR count). The van der Waals surface area contributed by atoms with Gasteiger partial charge in [-0.25, -0.2) is 0 Å². The van der Waals surface area contributed by atoms with E-state index >= 15 is 0 Å². The normalized spacial score (nSPS) is 13.3. The molecule has 2 atom stereocenters. The van der Waals surface area contributed by atoms with Gasteiger partial charge in [0, 0.05) is 17.1 Å². The molecule has 8 heteroatoms. The van der Waals surface area contributed by atoms with E-state index in [-0.39, 0.29) is 23.2 Å². The highest BCUT2D eigenvalue weighted by atomic mass is 32.2. The monoisotopic (exact) mass is 360 g/mol. The molecule has 1 aromatic carbocycles. The molecule has 0 fully saturated rings. The van der Waals surface area contributed by atoms with Crippen molar-refractivity contribution in [2.75, 3.05) is 24.4 Å². The summed E-state index contributed by atoms with van der Waals surface area (Å²) in [5.41, 5.74) is 0.772. The fraction of sp³-hybridized carbons (Fsp3) is 0.467. The number of benzene rings is 1. The summed E-state index contributed by atoms with van der Waals surface area (Å²) in [4.78, 5) is 21.3. The smallest absolute Gasteiger partial charge is 0.313 e. The second-order valence-electron chi connectivity index (χ2n) is 4.65. The Kier molecular flexibility index (Phi) is 8.90. The van der Waals surface area contributed by atoms with Crippen LogP contribution in [0, 0.1) is 0 Å². The van der Waals surface area contributed by atoms with Crippen molar-refractivity contribution in [3.05, 3.63) is 29.8 Å². The highest BCUT2D eigenvalue weighted by Crippen LogP contribution is 2.38. The molecule has 0 bridgehead atoms. The molecule has 0 aromatic heterocycles. The van der Waals surface area contributed by atoms with Crippen molar-refractivity contribution in [1.29, 1.82) is 0 Å². The van der Waals surface area contributed by atoms with Crippen LogP contribution in [-0.2, 0) is 9.59 Å². The second-order valence-corrected chi connectivity index (χ2v) is 6.93. The third-order valence-electron chi connectivity index (χ3n) is 2.92. The number of carboxylic acids is 2. The van der Waals surface area contributed by atoms with Gasteiger partial charge in [0.15, 0.2) is 0 Å². The van der Waals surface area contributed by atoms with Crippen LogP contribution in [0.2, 0.25) is 0 Å². The average molecular weight is 360 g/mol. The lowest BCUT2D eigenvalue weighted by Crippen LogP contribution is -2.21. The van der Waals surface area contributed by atoms with Crippen LogP contribution in [0.15, 0.2) is 24.3 Å². The number of aliphatic carboxylic acids is 2. The predicted molar refractivity (Wildman–Crippen MR) is 91.4 cm³/mol. The molecular weight excluding hydrogens is 340 g/mol. The van der Waals surface area contributed by atoms with E-state index in [0.29, 0.717) is 11.5 Å². The van der Waals surface area contributed by atoms with E-state index in [2.05, 4.69) is 0 Å². The zero-order valence-electron chi connectivity index (χ0n) is 12.7. The molecule has 0 heterocycles. The Morgan fingerprint density at radius 2 is 1.91 bits per heavy atom. The van der Waals surface area contributed by atoms with Crippen molar-refractivity contribution >= 4 is 35.5 Å². The van der Waals surface area contributed by atoms with Crippen LogP contribution >= 0.6 is 23.5 Å². The third kappa shape index (κ3) is 7.15. The maximum Gasteiger partial charge on any atom is 0.313 e. The van der Waals surface area contributed by atoms with Crippen LogP contribution in [0.4, 0.5) is 0 Å². The maximum absolute atomic E-state index is 10.7. The van der Waals surface area contributed by atoms with E-state index in [1.165, 1.54) is 18.9 Å². The Labute approximate surface area is 143 Å². The first-order chi connectivity index (χ1) is 11.0. The number of carbonyl (C=O) groups is 2. The van der Waals surface area contributed by atoms with E-state index < -0.39 is 18.0 Å². The lowest BCUT2D eigenvalue weighted by atomic mass is 10.1. The van der Waals surface area contributed by atoms with E-state index in [9.17, 15) is 14.7 Å². The van der Waals surface area contributed by atoms with Crippen molar-refractivity contribution in [1.82, 2.24) is 0 Å². The number of ether oxygens (including phenoxy) is 1. The number of rotatable bonds is 11. The number of aliphatic hydroxyl groups excluding tert-OH is 1. The van der Waals surface area contributed by atoms with Crippen LogP contribution in [-0.4, -0.2) is 57.7 Å². The van der Waals surface area contributed by atoms with Gasteiger partial charge in [-0.05, 0) is 6.07 Å². The van der Waals surface area contributed by atoms with Gasteiger partial charge in [-0.15, -0.1) is 11.8 Å².